The molecule has 1 aliphatic rings. The highest BCUT2D eigenvalue weighted by Crippen LogP contribution is 2.45. The molecule has 6 heteroatoms. The number of alkyl halides is 4. The summed E-state index contributed by atoms with van der Waals surface area (Å²) in [5.41, 5.74) is 0. The van der Waals surface area contributed by atoms with Gasteiger partial charge < -0.3 is 5.11 Å². The fourth-order valence-corrected chi connectivity index (χ4v) is 1.44. The molecular formula is C7H8ClF3O2. The van der Waals surface area contributed by atoms with Gasteiger partial charge in [0.15, 0.2) is 0 Å². The van der Waals surface area contributed by atoms with E-state index >= 15 is 0 Å². The number of hydrogen-bond acceptors (Lipinski definition) is 1. The first-order valence-corrected chi connectivity index (χ1v) is 4.19. The van der Waals surface area contributed by atoms with Crippen molar-refractivity contribution < 1.29 is 23.1 Å². The van der Waals surface area contributed by atoms with Crippen LogP contribution in [0.5, 0.6) is 0 Å². The predicted octanol–water partition coefficient (Wildman–Crippen LogP) is 2.27. The highest BCUT2D eigenvalue weighted by Gasteiger charge is 2.48. The lowest BCUT2D eigenvalue weighted by Gasteiger charge is -2.12. The first-order chi connectivity index (χ1) is 5.82. The molecule has 0 amide bonds. The van der Waals surface area contributed by atoms with E-state index in [1.54, 1.807) is 0 Å². The molecule has 0 bridgehead atoms. The minimum atomic E-state index is -4.42. The van der Waals surface area contributed by atoms with Crippen LogP contribution in [-0.4, -0.2) is 22.6 Å². The van der Waals surface area contributed by atoms with E-state index in [4.69, 9.17) is 16.7 Å². The van der Waals surface area contributed by atoms with Crippen molar-refractivity contribution in [1.29, 1.82) is 0 Å². The molecule has 1 aliphatic carbocycles. The van der Waals surface area contributed by atoms with Gasteiger partial charge in [-0.25, -0.2) is 0 Å². The van der Waals surface area contributed by atoms with Gasteiger partial charge >= 0.3 is 12.1 Å². The topological polar surface area (TPSA) is 37.3 Å². The lowest BCUT2D eigenvalue weighted by atomic mass is 10.2. The maximum atomic E-state index is 11.9. The maximum absolute atomic E-state index is 11.9. The van der Waals surface area contributed by atoms with E-state index in [1.165, 1.54) is 0 Å². The normalized spacial score (nSPS) is 29.8. The average molecular weight is 217 g/mol. The van der Waals surface area contributed by atoms with E-state index in [-0.39, 0.29) is 6.42 Å². The van der Waals surface area contributed by atoms with E-state index in [0.29, 0.717) is 6.42 Å². The van der Waals surface area contributed by atoms with Crippen LogP contribution < -0.4 is 0 Å². The van der Waals surface area contributed by atoms with Gasteiger partial charge in [-0.1, -0.05) is 0 Å². The quantitative estimate of drug-likeness (QED) is 0.735. The lowest BCUT2D eigenvalue weighted by Crippen LogP contribution is -2.24. The zero-order valence-corrected chi connectivity index (χ0v) is 7.27. The van der Waals surface area contributed by atoms with Crippen LogP contribution in [0.15, 0.2) is 0 Å². The minimum Gasteiger partial charge on any atom is -0.481 e. The molecular weight excluding hydrogens is 209 g/mol. The number of halogens is 4. The first kappa shape index (κ1) is 10.6. The van der Waals surface area contributed by atoms with Gasteiger partial charge in [0.05, 0.1) is 5.92 Å². The van der Waals surface area contributed by atoms with Gasteiger partial charge in [-0.15, -0.1) is 11.6 Å². The Morgan fingerprint density at radius 2 is 2.15 bits per heavy atom. The van der Waals surface area contributed by atoms with E-state index in [9.17, 15) is 18.0 Å². The van der Waals surface area contributed by atoms with E-state index in [1.807, 2.05) is 0 Å². The Bertz CT molecular complexity index is 216. The summed E-state index contributed by atoms with van der Waals surface area (Å²) in [6, 6.07) is 0. The molecule has 1 rings (SSSR count). The molecule has 3 atom stereocenters. The smallest absolute Gasteiger partial charge is 0.404 e. The SMILES string of the molecule is O=C(O)C1CC1CC(Cl)C(F)(F)F. The third-order valence-electron chi connectivity index (χ3n) is 2.10. The van der Waals surface area contributed by atoms with Crippen LogP contribution >= 0.6 is 11.6 Å². The summed E-state index contributed by atoms with van der Waals surface area (Å²) in [5.74, 6) is -2.05. The number of hydrogen-bond donors (Lipinski definition) is 1. The second kappa shape index (κ2) is 3.36. The largest absolute Gasteiger partial charge is 0.481 e. The summed E-state index contributed by atoms with van der Waals surface area (Å²) in [4.78, 5) is 10.3. The van der Waals surface area contributed by atoms with Crippen molar-refractivity contribution in [2.24, 2.45) is 11.8 Å². The van der Waals surface area contributed by atoms with Gasteiger partial charge in [-0.05, 0) is 18.8 Å². The number of carbonyl (C=O) groups is 1. The van der Waals surface area contributed by atoms with Gasteiger partial charge in [0.25, 0.3) is 0 Å². The van der Waals surface area contributed by atoms with Crippen LogP contribution in [0.2, 0.25) is 0 Å². The zero-order chi connectivity index (χ0) is 10.2. The third kappa shape index (κ3) is 2.76. The van der Waals surface area contributed by atoms with Gasteiger partial charge in [-0.2, -0.15) is 13.2 Å². The van der Waals surface area contributed by atoms with Crippen LogP contribution in [0.4, 0.5) is 13.2 Å². The van der Waals surface area contributed by atoms with Crippen molar-refractivity contribution in [2.75, 3.05) is 0 Å². The van der Waals surface area contributed by atoms with E-state index in [2.05, 4.69) is 0 Å². The lowest BCUT2D eigenvalue weighted by molar-refractivity contribution is -0.140. The minimum absolute atomic E-state index is 0.290. The van der Waals surface area contributed by atoms with Crippen LogP contribution in [0.25, 0.3) is 0 Å². The van der Waals surface area contributed by atoms with Crippen molar-refractivity contribution in [1.82, 2.24) is 0 Å². The second-order valence-electron chi connectivity index (χ2n) is 3.19. The Hall–Kier alpha value is -0.450. The van der Waals surface area contributed by atoms with Crippen LogP contribution in [0, 0.1) is 11.8 Å². The molecule has 0 aromatic carbocycles. The molecule has 0 heterocycles. The third-order valence-corrected chi connectivity index (χ3v) is 2.53. The second-order valence-corrected chi connectivity index (χ2v) is 3.71. The van der Waals surface area contributed by atoms with Crippen molar-refractivity contribution >= 4 is 17.6 Å². The standard InChI is InChI=1S/C7H8ClF3O2/c8-5(7(9,10)11)2-3-1-4(3)6(12)13/h3-5H,1-2H2,(H,12,13). The molecule has 76 valence electrons. The summed E-state index contributed by atoms with van der Waals surface area (Å²) in [7, 11) is 0. The average Bonchev–Trinajstić information content (AvgIpc) is 2.64. The van der Waals surface area contributed by atoms with E-state index in [0.717, 1.165) is 0 Å². The van der Waals surface area contributed by atoms with Gasteiger partial charge in [0.2, 0.25) is 0 Å². The van der Waals surface area contributed by atoms with Gasteiger partial charge in [-0.3, -0.25) is 4.79 Å². The molecule has 3 unspecified atom stereocenters. The van der Waals surface area contributed by atoms with Crippen LogP contribution in [0.1, 0.15) is 12.8 Å². The van der Waals surface area contributed by atoms with Gasteiger partial charge in [0.1, 0.15) is 5.38 Å². The summed E-state index contributed by atoms with van der Waals surface area (Å²) >= 11 is 5.04. The molecule has 0 saturated heterocycles. The number of rotatable bonds is 3. The van der Waals surface area contributed by atoms with Crippen molar-refractivity contribution in [3.8, 4) is 0 Å². The molecule has 13 heavy (non-hydrogen) atoms. The number of aliphatic carboxylic acids is 1. The fourth-order valence-electron chi connectivity index (χ4n) is 1.21. The molecule has 1 fully saturated rings. The molecule has 1 N–H and O–H groups in total. The molecule has 0 aromatic heterocycles. The molecule has 0 aromatic rings. The highest BCUT2D eigenvalue weighted by molar-refractivity contribution is 6.21. The summed E-state index contributed by atoms with van der Waals surface area (Å²) in [5, 5.41) is 6.50. The summed E-state index contributed by atoms with van der Waals surface area (Å²) in [6.45, 7) is 0. The molecule has 1 saturated carbocycles. The van der Waals surface area contributed by atoms with Gasteiger partial charge in [0, 0.05) is 0 Å². The molecule has 2 nitrogen and oxygen atoms in total. The monoisotopic (exact) mass is 216 g/mol. The van der Waals surface area contributed by atoms with Crippen molar-refractivity contribution in [2.45, 2.75) is 24.4 Å². The number of carboxylic acids is 1. The van der Waals surface area contributed by atoms with E-state index < -0.39 is 29.4 Å². The summed E-state index contributed by atoms with van der Waals surface area (Å²) in [6.07, 6.45) is -4.40. The van der Waals surface area contributed by atoms with Crippen LogP contribution in [0.3, 0.4) is 0 Å². The summed E-state index contributed by atoms with van der Waals surface area (Å²) < 4.78 is 35.7. The maximum Gasteiger partial charge on any atom is 0.404 e. The molecule has 0 radical (unpaired) electrons. The fraction of sp³-hybridized carbons (Fsp3) is 0.857. The first-order valence-electron chi connectivity index (χ1n) is 3.76. The Balaban J connectivity index is 2.33. The highest BCUT2D eigenvalue weighted by atomic mass is 35.5. The Labute approximate surface area is 77.7 Å². The number of carboxylic acid groups (broad SMARTS) is 1. The molecule has 0 spiro atoms. The molecule has 0 aliphatic heterocycles. The predicted molar refractivity (Wildman–Crippen MR) is 39.5 cm³/mol. The Morgan fingerprint density at radius 1 is 1.62 bits per heavy atom. The van der Waals surface area contributed by atoms with Crippen molar-refractivity contribution in [3.63, 3.8) is 0 Å². The van der Waals surface area contributed by atoms with Crippen molar-refractivity contribution in [3.05, 3.63) is 0 Å². The Morgan fingerprint density at radius 3 is 2.46 bits per heavy atom. The zero-order valence-electron chi connectivity index (χ0n) is 6.51. The van der Waals surface area contributed by atoms with Crippen LogP contribution in [-0.2, 0) is 4.79 Å². The Kier molecular flexibility index (Phi) is 2.75.